The van der Waals surface area contributed by atoms with Gasteiger partial charge in [0, 0.05) is 4.91 Å². The molecule has 1 N–H and O–H groups in total. The fourth-order valence-corrected chi connectivity index (χ4v) is 1.39. The van der Waals surface area contributed by atoms with E-state index < -0.39 is 6.04 Å². The van der Waals surface area contributed by atoms with Crippen LogP contribution in [0.15, 0.2) is 23.3 Å². The van der Waals surface area contributed by atoms with Gasteiger partial charge in [-0.1, -0.05) is 23.3 Å². The van der Waals surface area contributed by atoms with Crippen molar-refractivity contribution < 1.29 is 5.11 Å². The zero-order valence-electron chi connectivity index (χ0n) is 8.31. The molecule has 0 fully saturated rings. The Morgan fingerprint density at radius 3 is 2.79 bits per heavy atom. The topological polar surface area (TPSA) is 69.0 Å². The number of hydrogen-bond donors (Lipinski definition) is 1. The minimum absolute atomic E-state index is 0.158. The van der Waals surface area contributed by atoms with E-state index >= 15 is 0 Å². The van der Waals surface area contributed by atoms with E-state index in [2.05, 4.69) is 10.0 Å². The highest BCUT2D eigenvalue weighted by molar-refractivity contribution is 5.35. The van der Waals surface area contributed by atoms with Gasteiger partial charge < -0.3 is 5.11 Å². The van der Waals surface area contributed by atoms with Crippen LogP contribution in [0.4, 0.5) is 0 Å². The molecule has 1 aromatic rings. The molecule has 0 aliphatic heterocycles. The summed E-state index contributed by atoms with van der Waals surface area (Å²) in [4.78, 5) is 2.72. The van der Waals surface area contributed by atoms with Crippen LogP contribution < -0.4 is 0 Å². The average Bonchev–Trinajstić information content (AvgIpc) is 2.19. The molecule has 14 heavy (non-hydrogen) atoms. The molecule has 0 heterocycles. The van der Waals surface area contributed by atoms with Crippen LogP contribution in [0.1, 0.15) is 22.7 Å². The summed E-state index contributed by atoms with van der Waals surface area (Å²) in [6.45, 7) is 3.79. The van der Waals surface area contributed by atoms with E-state index in [-0.39, 0.29) is 6.61 Å². The molecule has 4 heteroatoms. The molecule has 0 aromatic heterocycles. The van der Waals surface area contributed by atoms with Crippen LogP contribution in [0.25, 0.3) is 10.4 Å². The highest BCUT2D eigenvalue weighted by atomic mass is 16.3. The first-order valence-electron chi connectivity index (χ1n) is 4.42. The van der Waals surface area contributed by atoms with E-state index in [0.717, 1.165) is 16.7 Å². The van der Waals surface area contributed by atoms with E-state index in [9.17, 15) is 0 Å². The molecule has 0 radical (unpaired) electrons. The number of hydrogen-bond acceptors (Lipinski definition) is 2. The predicted molar refractivity (Wildman–Crippen MR) is 54.9 cm³/mol. The zero-order chi connectivity index (χ0) is 10.6. The van der Waals surface area contributed by atoms with Gasteiger partial charge in [-0.05, 0) is 36.1 Å². The van der Waals surface area contributed by atoms with Crippen molar-refractivity contribution in [3.8, 4) is 0 Å². The summed E-state index contributed by atoms with van der Waals surface area (Å²) < 4.78 is 0. The van der Waals surface area contributed by atoms with Crippen LogP contribution in [0.3, 0.4) is 0 Å². The highest BCUT2D eigenvalue weighted by Crippen LogP contribution is 2.23. The molecular formula is C10H13N3O. The first-order chi connectivity index (χ1) is 6.70. The van der Waals surface area contributed by atoms with Gasteiger partial charge in [-0.3, -0.25) is 0 Å². The second kappa shape index (κ2) is 4.65. The van der Waals surface area contributed by atoms with Crippen molar-refractivity contribution >= 4 is 0 Å². The van der Waals surface area contributed by atoms with E-state index in [4.69, 9.17) is 10.6 Å². The summed E-state index contributed by atoms with van der Waals surface area (Å²) in [6, 6.07) is 5.29. The van der Waals surface area contributed by atoms with Crippen molar-refractivity contribution in [1.82, 2.24) is 0 Å². The molecule has 1 rings (SSSR count). The van der Waals surface area contributed by atoms with Crippen molar-refractivity contribution in [3.63, 3.8) is 0 Å². The lowest BCUT2D eigenvalue weighted by Crippen LogP contribution is -2.03. The lowest BCUT2D eigenvalue weighted by molar-refractivity contribution is 0.267. The summed E-state index contributed by atoms with van der Waals surface area (Å²) in [5.74, 6) is 0. The average molecular weight is 191 g/mol. The molecule has 4 nitrogen and oxygen atoms in total. The largest absolute Gasteiger partial charge is 0.396 e. The number of rotatable bonds is 3. The molecular weight excluding hydrogens is 178 g/mol. The Hall–Kier alpha value is -1.51. The van der Waals surface area contributed by atoms with Gasteiger partial charge in [-0.2, -0.15) is 0 Å². The first-order valence-corrected chi connectivity index (χ1v) is 4.42. The van der Waals surface area contributed by atoms with Gasteiger partial charge in [-0.25, -0.2) is 0 Å². The maximum Gasteiger partial charge on any atom is 0.0859 e. The third-order valence-electron chi connectivity index (χ3n) is 2.37. The first kappa shape index (κ1) is 10.6. The summed E-state index contributed by atoms with van der Waals surface area (Å²) in [7, 11) is 0. The van der Waals surface area contributed by atoms with Gasteiger partial charge >= 0.3 is 0 Å². The SMILES string of the molecule is Cc1cccc(C(CO)N=[N+]=[N-])c1C. The van der Waals surface area contributed by atoms with Crippen LogP contribution in [-0.2, 0) is 0 Å². The third kappa shape index (κ3) is 2.05. The van der Waals surface area contributed by atoms with Gasteiger partial charge in [0.05, 0.1) is 12.6 Å². The quantitative estimate of drug-likeness (QED) is 0.445. The maximum absolute atomic E-state index is 9.06. The smallest absolute Gasteiger partial charge is 0.0859 e. The third-order valence-corrected chi connectivity index (χ3v) is 2.37. The van der Waals surface area contributed by atoms with Crippen molar-refractivity contribution in [2.45, 2.75) is 19.9 Å². The Kier molecular flexibility index (Phi) is 3.51. The summed E-state index contributed by atoms with van der Waals surface area (Å²) in [5, 5.41) is 12.6. The molecule has 0 spiro atoms. The van der Waals surface area contributed by atoms with Crippen molar-refractivity contribution in [1.29, 1.82) is 0 Å². The lowest BCUT2D eigenvalue weighted by atomic mass is 9.98. The predicted octanol–water partition coefficient (Wildman–Crippen LogP) is 2.65. The van der Waals surface area contributed by atoms with Gasteiger partial charge in [0.1, 0.15) is 0 Å². The Labute approximate surface area is 82.8 Å². The van der Waals surface area contributed by atoms with Crippen molar-refractivity contribution in [2.24, 2.45) is 5.11 Å². The maximum atomic E-state index is 9.06. The van der Waals surface area contributed by atoms with Crippen LogP contribution in [0.5, 0.6) is 0 Å². The molecule has 0 amide bonds. The normalized spacial score (nSPS) is 11.9. The van der Waals surface area contributed by atoms with Gasteiger partial charge in [0.25, 0.3) is 0 Å². The zero-order valence-corrected chi connectivity index (χ0v) is 8.31. The van der Waals surface area contributed by atoms with Crippen LogP contribution >= 0.6 is 0 Å². The number of nitrogens with zero attached hydrogens (tertiary/aromatic N) is 3. The number of aliphatic hydroxyl groups excluding tert-OH is 1. The fourth-order valence-electron chi connectivity index (χ4n) is 1.39. The van der Waals surface area contributed by atoms with E-state index in [0.29, 0.717) is 0 Å². The molecule has 0 saturated carbocycles. The van der Waals surface area contributed by atoms with Gasteiger partial charge in [-0.15, -0.1) is 0 Å². The van der Waals surface area contributed by atoms with Crippen LogP contribution in [0, 0.1) is 13.8 Å². The molecule has 0 aliphatic rings. The number of benzene rings is 1. The highest BCUT2D eigenvalue weighted by Gasteiger charge is 2.11. The standard InChI is InChI=1S/C10H13N3O/c1-7-4-3-5-9(8(7)2)10(6-14)12-13-11/h3-5,10,14H,6H2,1-2H3. The molecule has 0 aliphatic carbocycles. The molecule has 1 unspecified atom stereocenters. The molecule has 0 bridgehead atoms. The molecule has 0 saturated heterocycles. The second-order valence-corrected chi connectivity index (χ2v) is 3.19. The van der Waals surface area contributed by atoms with Crippen LogP contribution in [0.2, 0.25) is 0 Å². The Morgan fingerprint density at radius 1 is 1.50 bits per heavy atom. The monoisotopic (exact) mass is 191 g/mol. The summed E-state index contributed by atoms with van der Waals surface area (Å²) in [5.41, 5.74) is 11.4. The number of aliphatic hydroxyl groups is 1. The number of aryl methyl sites for hydroxylation is 1. The van der Waals surface area contributed by atoms with E-state index in [1.165, 1.54) is 0 Å². The van der Waals surface area contributed by atoms with Crippen molar-refractivity contribution in [2.75, 3.05) is 6.61 Å². The minimum atomic E-state index is -0.472. The lowest BCUT2D eigenvalue weighted by Gasteiger charge is -2.12. The van der Waals surface area contributed by atoms with Gasteiger partial charge in [0.15, 0.2) is 0 Å². The minimum Gasteiger partial charge on any atom is -0.396 e. The Bertz CT molecular complexity index is 370. The van der Waals surface area contributed by atoms with E-state index in [1.54, 1.807) is 0 Å². The Morgan fingerprint density at radius 2 is 2.21 bits per heavy atom. The molecule has 1 atom stereocenters. The van der Waals surface area contributed by atoms with Crippen LogP contribution in [-0.4, -0.2) is 11.7 Å². The van der Waals surface area contributed by atoms with E-state index in [1.807, 2.05) is 32.0 Å². The summed E-state index contributed by atoms with van der Waals surface area (Å²) >= 11 is 0. The molecule has 74 valence electrons. The summed E-state index contributed by atoms with van der Waals surface area (Å²) in [6.07, 6.45) is 0. The molecule has 1 aromatic carbocycles. The second-order valence-electron chi connectivity index (χ2n) is 3.19. The Balaban J connectivity index is 3.16. The van der Waals surface area contributed by atoms with Crippen molar-refractivity contribution in [3.05, 3.63) is 45.3 Å². The fraction of sp³-hybridized carbons (Fsp3) is 0.400. The van der Waals surface area contributed by atoms with Gasteiger partial charge in [0.2, 0.25) is 0 Å². The number of azide groups is 1.